The van der Waals surface area contributed by atoms with Crippen molar-refractivity contribution in [1.82, 2.24) is 19.5 Å². The zero-order valence-electron chi connectivity index (χ0n) is 9.79. The van der Waals surface area contributed by atoms with Crippen molar-refractivity contribution in [2.45, 2.75) is 24.5 Å². The molecule has 3 heterocycles. The number of imidazole rings is 1. The van der Waals surface area contributed by atoms with Crippen molar-refractivity contribution < 1.29 is 20.1 Å². The van der Waals surface area contributed by atoms with E-state index < -0.39 is 31.1 Å². The van der Waals surface area contributed by atoms with Crippen LogP contribution in [-0.2, 0) is 4.74 Å². The average molecular weight is 268 g/mol. The number of fused-ring (bicyclic) bond motifs is 1. The van der Waals surface area contributed by atoms with Gasteiger partial charge in [-0.3, -0.25) is 4.57 Å². The van der Waals surface area contributed by atoms with Gasteiger partial charge >= 0.3 is 0 Å². The molecule has 19 heavy (non-hydrogen) atoms. The second-order valence-electron chi connectivity index (χ2n) is 4.31. The molecular weight excluding hydrogens is 255 g/mol. The smallest absolute Gasteiger partial charge is 0.167 e. The van der Waals surface area contributed by atoms with E-state index in [9.17, 15) is 10.2 Å². The molecule has 102 valence electrons. The van der Waals surface area contributed by atoms with E-state index in [0.717, 1.165) is 0 Å². The minimum absolute atomic E-state index is 0.218. The molecular formula is C10H13N5O4. The maximum Gasteiger partial charge on any atom is 0.167 e. The summed E-state index contributed by atoms with van der Waals surface area (Å²) in [7, 11) is 0. The lowest BCUT2D eigenvalue weighted by molar-refractivity contribution is -0.0511. The lowest BCUT2D eigenvalue weighted by atomic mass is 10.1. The average Bonchev–Trinajstić information content (AvgIpc) is 2.94. The Labute approximate surface area is 107 Å². The Kier molecular flexibility index (Phi) is 2.82. The molecule has 3 rings (SSSR count). The zero-order chi connectivity index (χ0) is 13.6. The van der Waals surface area contributed by atoms with Gasteiger partial charge in [-0.15, -0.1) is 0 Å². The number of nitrogens with zero attached hydrogens (tertiary/aromatic N) is 4. The van der Waals surface area contributed by atoms with Gasteiger partial charge in [-0.05, 0) is 0 Å². The molecule has 9 heteroatoms. The van der Waals surface area contributed by atoms with Crippen molar-refractivity contribution >= 4 is 17.0 Å². The maximum atomic E-state index is 9.95. The van der Waals surface area contributed by atoms with Crippen molar-refractivity contribution in [2.75, 3.05) is 12.3 Å². The Morgan fingerprint density at radius 1 is 1.26 bits per heavy atom. The molecule has 0 saturated carbocycles. The fraction of sp³-hybridized carbons (Fsp3) is 0.500. The molecule has 1 fully saturated rings. The fourth-order valence-corrected chi connectivity index (χ4v) is 2.17. The third kappa shape index (κ3) is 1.75. The summed E-state index contributed by atoms with van der Waals surface area (Å²) in [4.78, 5) is 11.9. The number of aliphatic hydroxyl groups excluding tert-OH is 3. The summed E-state index contributed by atoms with van der Waals surface area (Å²) in [6.07, 6.45) is -1.42. The van der Waals surface area contributed by atoms with Crippen LogP contribution in [0.1, 0.15) is 6.23 Å². The number of nitrogen functional groups attached to an aromatic ring is 1. The van der Waals surface area contributed by atoms with Gasteiger partial charge in [0.2, 0.25) is 0 Å². The highest BCUT2D eigenvalue weighted by Gasteiger charge is 2.43. The molecule has 2 aromatic rings. The molecule has 1 aliphatic rings. The normalized spacial score (nSPS) is 31.1. The number of aromatic nitrogens is 4. The predicted molar refractivity (Wildman–Crippen MR) is 62.7 cm³/mol. The third-order valence-corrected chi connectivity index (χ3v) is 3.18. The summed E-state index contributed by atoms with van der Waals surface area (Å²) in [5, 5.41) is 28.7. The summed E-state index contributed by atoms with van der Waals surface area (Å²) in [5.41, 5.74) is 6.44. The van der Waals surface area contributed by atoms with Crippen molar-refractivity contribution in [3.63, 3.8) is 0 Å². The van der Waals surface area contributed by atoms with E-state index in [2.05, 4.69) is 15.0 Å². The summed E-state index contributed by atoms with van der Waals surface area (Å²) < 4.78 is 6.85. The van der Waals surface area contributed by atoms with Gasteiger partial charge in [0.05, 0.1) is 12.9 Å². The van der Waals surface area contributed by atoms with Crippen LogP contribution in [0.4, 0.5) is 5.82 Å². The van der Waals surface area contributed by atoms with Crippen LogP contribution >= 0.6 is 0 Å². The Bertz CT molecular complexity index is 603. The van der Waals surface area contributed by atoms with Gasteiger partial charge in [0.25, 0.3) is 0 Å². The van der Waals surface area contributed by atoms with Gasteiger partial charge in [0, 0.05) is 0 Å². The summed E-state index contributed by atoms with van der Waals surface area (Å²) >= 11 is 0. The van der Waals surface area contributed by atoms with Gasteiger partial charge in [-0.1, -0.05) is 0 Å². The maximum absolute atomic E-state index is 9.95. The first-order valence-corrected chi connectivity index (χ1v) is 5.69. The standard InChI is InChI=1S/C10H13N5O4/c11-8-5-9(13-2-12-8)15(3-14-5)10-7(18)6(17)4(1-16)19-10/h2-4,6-7,10,16-18H,1H2,(H2,11,12,13)/i3+1. The highest BCUT2D eigenvalue weighted by molar-refractivity contribution is 5.81. The number of aliphatic hydroxyl groups is 3. The second kappa shape index (κ2) is 4.38. The van der Waals surface area contributed by atoms with Crippen LogP contribution in [0, 0.1) is 0 Å². The van der Waals surface area contributed by atoms with Crippen molar-refractivity contribution in [3.8, 4) is 0 Å². The van der Waals surface area contributed by atoms with Crippen molar-refractivity contribution in [1.29, 1.82) is 0 Å². The molecule has 0 aromatic carbocycles. The summed E-state index contributed by atoms with van der Waals surface area (Å²) in [6, 6.07) is 0. The Morgan fingerprint density at radius 2 is 2.05 bits per heavy atom. The van der Waals surface area contributed by atoms with E-state index in [1.54, 1.807) is 0 Å². The molecule has 0 amide bonds. The highest BCUT2D eigenvalue weighted by atomic mass is 16.6. The molecule has 4 unspecified atom stereocenters. The van der Waals surface area contributed by atoms with E-state index in [4.69, 9.17) is 15.6 Å². The first-order chi connectivity index (χ1) is 9.13. The predicted octanol–water partition coefficient (Wildman–Crippen LogP) is -1.98. The first-order valence-electron chi connectivity index (χ1n) is 5.69. The van der Waals surface area contributed by atoms with Crippen LogP contribution < -0.4 is 5.73 Å². The largest absolute Gasteiger partial charge is 0.394 e. The molecule has 4 atom stereocenters. The van der Waals surface area contributed by atoms with Gasteiger partial charge in [0.15, 0.2) is 17.7 Å². The Hall–Kier alpha value is -1.81. The molecule has 2 aromatic heterocycles. The minimum atomic E-state index is -1.19. The monoisotopic (exact) mass is 268 g/mol. The number of hydrogen-bond acceptors (Lipinski definition) is 8. The van der Waals surface area contributed by atoms with Gasteiger partial charge in [-0.25, -0.2) is 15.0 Å². The number of rotatable bonds is 2. The van der Waals surface area contributed by atoms with E-state index >= 15 is 0 Å². The van der Waals surface area contributed by atoms with Crippen LogP contribution in [0.15, 0.2) is 12.7 Å². The number of anilines is 1. The van der Waals surface area contributed by atoms with Crippen LogP contribution in [0.3, 0.4) is 0 Å². The lowest BCUT2D eigenvalue weighted by Gasteiger charge is -2.16. The van der Waals surface area contributed by atoms with E-state index in [1.807, 2.05) is 0 Å². The second-order valence-corrected chi connectivity index (χ2v) is 4.31. The molecule has 0 aliphatic carbocycles. The lowest BCUT2D eigenvalue weighted by Crippen LogP contribution is -2.33. The van der Waals surface area contributed by atoms with Crippen LogP contribution in [0.5, 0.6) is 0 Å². The number of nitrogens with two attached hydrogens (primary N) is 1. The molecule has 1 aliphatic heterocycles. The Morgan fingerprint density at radius 3 is 2.74 bits per heavy atom. The van der Waals surface area contributed by atoms with Crippen LogP contribution in [-0.4, -0.2) is 59.8 Å². The van der Waals surface area contributed by atoms with Gasteiger partial charge in [0.1, 0.15) is 30.2 Å². The van der Waals surface area contributed by atoms with Gasteiger partial charge in [-0.2, -0.15) is 0 Å². The molecule has 1 saturated heterocycles. The zero-order valence-corrected chi connectivity index (χ0v) is 9.79. The molecule has 0 bridgehead atoms. The molecule has 0 spiro atoms. The van der Waals surface area contributed by atoms with E-state index in [0.29, 0.717) is 11.2 Å². The van der Waals surface area contributed by atoms with E-state index in [-0.39, 0.29) is 5.82 Å². The fourth-order valence-electron chi connectivity index (χ4n) is 2.17. The number of hydrogen-bond donors (Lipinski definition) is 4. The molecule has 9 nitrogen and oxygen atoms in total. The summed E-state index contributed by atoms with van der Waals surface area (Å²) in [5.74, 6) is 0.218. The molecule has 0 radical (unpaired) electrons. The van der Waals surface area contributed by atoms with Crippen LogP contribution in [0.2, 0.25) is 0 Å². The quantitative estimate of drug-likeness (QED) is 0.491. The van der Waals surface area contributed by atoms with E-state index in [1.165, 1.54) is 17.2 Å². The topological polar surface area (TPSA) is 140 Å². The number of ether oxygens (including phenoxy) is 1. The van der Waals surface area contributed by atoms with Crippen molar-refractivity contribution in [3.05, 3.63) is 12.7 Å². The SMILES string of the molecule is Nc1ncnc2c1n[13cH]n2C1OC(CO)C(O)C1O. The Balaban J connectivity index is 2.04. The highest BCUT2D eigenvalue weighted by Crippen LogP contribution is 2.31. The van der Waals surface area contributed by atoms with Crippen molar-refractivity contribution in [2.24, 2.45) is 0 Å². The minimum Gasteiger partial charge on any atom is -0.394 e. The van der Waals surface area contributed by atoms with Crippen LogP contribution in [0.25, 0.3) is 11.2 Å². The third-order valence-electron chi connectivity index (χ3n) is 3.18. The van der Waals surface area contributed by atoms with Gasteiger partial charge < -0.3 is 25.8 Å². The first kappa shape index (κ1) is 12.2. The summed E-state index contributed by atoms with van der Waals surface area (Å²) in [6.45, 7) is -0.390. The molecule has 5 N–H and O–H groups in total.